The molecule has 2 N–H and O–H groups in total. The van der Waals surface area contributed by atoms with Gasteiger partial charge in [-0.25, -0.2) is 0 Å². The molecule has 9 heteroatoms. The van der Waals surface area contributed by atoms with Crippen LogP contribution in [0.2, 0.25) is 0 Å². The molecule has 0 aromatic heterocycles. The summed E-state index contributed by atoms with van der Waals surface area (Å²) >= 11 is 0. The van der Waals surface area contributed by atoms with Crippen LogP contribution in [-0.4, -0.2) is 68.5 Å². The van der Waals surface area contributed by atoms with Gasteiger partial charge < -0.3 is 28.8 Å². The molecule has 0 aliphatic heterocycles. The highest BCUT2D eigenvalue weighted by Gasteiger charge is 2.23. The summed E-state index contributed by atoms with van der Waals surface area (Å²) in [6.45, 7) is 4.58. The van der Waals surface area contributed by atoms with Crippen molar-refractivity contribution in [3.8, 4) is 0 Å². The number of rotatable bonds is 34. The van der Waals surface area contributed by atoms with Gasteiger partial charge in [-0.05, 0) is 19.3 Å². The Balaban J connectivity index is 4.42. The predicted molar refractivity (Wildman–Crippen MR) is 192 cm³/mol. The lowest BCUT2D eigenvalue weighted by Crippen LogP contribution is -2.45. The lowest BCUT2D eigenvalue weighted by atomic mass is 10.0. The molecule has 1 amide bonds. The molecule has 0 saturated heterocycles. The van der Waals surface area contributed by atoms with Gasteiger partial charge in [-0.15, -0.1) is 0 Å². The maximum absolute atomic E-state index is 12.7. The molecule has 8 nitrogen and oxygen atoms in total. The lowest BCUT2D eigenvalue weighted by molar-refractivity contribution is -0.870. The summed E-state index contributed by atoms with van der Waals surface area (Å²) in [6, 6.07) is -0.876. The van der Waals surface area contributed by atoms with E-state index in [1.165, 1.54) is 109 Å². The monoisotopic (exact) mass is 675 g/mol. The Kier molecular flexibility index (Phi) is 29.8. The molecular formula is C37H75N2O6P. The van der Waals surface area contributed by atoms with Gasteiger partial charge in [-0.3, -0.25) is 9.36 Å². The Morgan fingerprint density at radius 1 is 0.739 bits per heavy atom. The number of nitrogens with one attached hydrogen (secondary N) is 1. The first-order chi connectivity index (χ1) is 22.0. The third kappa shape index (κ3) is 31.8. The summed E-state index contributed by atoms with van der Waals surface area (Å²) in [4.78, 5) is 25.0. The van der Waals surface area contributed by atoms with Crippen molar-refractivity contribution in [3.05, 3.63) is 12.2 Å². The fraction of sp³-hybridized carbons (Fsp3) is 0.919. The molecule has 0 aliphatic carbocycles. The number of hydrogen-bond donors (Lipinski definition) is 2. The summed E-state index contributed by atoms with van der Waals surface area (Å²) in [7, 11) is 1.26. The molecule has 0 spiro atoms. The van der Waals surface area contributed by atoms with Crippen LogP contribution in [0.5, 0.6) is 0 Å². The Bertz CT molecular complexity index is 773. The standard InChI is InChI=1S/C37H75N2O6P/c1-6-8-10-12-14-15-16-17-18-19-20-21-22-23-25-26-28-30-36(40)35(34-45-46(42,43)44-33-32-39(3,4)5)38-37(41)31-29-27-24-13-11-9-7-2/h28,30,35-36,40H,6-27,29,31-34H2,1-5H3,(H-,38,41,42,43)/b30-28+/t35-,36+/m0/s1. The normalized spacial score (nSPS) is 14.8. The van der Waals surface area contributed by atoms with Gasteiger partial charge in [-0.2, -0.15) is 0 Å². The van der Waals surface area contributed by atoms with E-state index in [0.717, 1.165) is 38.5 Å². The average molecular weight is 675 g/mol. The van der Waals surface area contributed by atoms with E-state index in [4.69, 9.17) is 9.05 Å². The average Bonchev–Trinajstić information content (AvgIpc) is 2.99. The van der Waals surface area contributed by atoms with E-state index < -0.39 is 20.0 Å². The Morgan fingerprint density at radius 3 is 1.63 bits per heavy atom. The van der Waals surface area contributed by atoms with Gasteiger partial charge in [0.1, 0.15) is 13.2 Å². The number of nitrogens with zero attached hydrogens (tertiary/aromatic N) is 1. The van der Waals surface area contributed by atoms with E-state index in [2.05, 4.69) is 19.2 Å². The molecule has 0 aliphatic rings. The molecule has 0 saturated carbocycles. The highest BCUT2D eigenvalue weighted by atomic mass is 31.2. The zero-order valence-corrected chi connectivity index (χ0v) is 31.7. The first kappa shape index (κ1) is 45.2. The minimum absolute atomic E-state index is 0.00126. The van der Waals surface area contributed by atoms with Crippen LogP contribution in [0.1, 0.15) is 168 Å². The van der Waals surface area contributed by atoms with Crippen molar-refractivity contribution in [3.63, 3.8) is 0 Å². The fourth-order valence-corrected chi connectivity index (χ4v) is 6.11. The molecule has 0 fully saturated rings. The number of phosphoric ester groups is 1. The quantitative estimate of drug-likeness (QED) is 0.0305. The summed E-state index contributed by atoms with van der Waals surface area (Å²) in [5, 5.41) is 13.6. The van der Waals surface area contributed by atoms with E-state index in [1.54, 1.807) is 6.08 Å². The van der Waals surface area contributed by atoms with Crippen LogP contribution in [0.3, 0.4) is 0 Å². The number of hydrogen-bond acceptors (Lipinski definition) is 6. The molecule has 0 bridgehead atoms. The highest BCUT2D eigenvalue weighted by molar-refractivity contribution is 7.45. The number of carbonyl (C=O) groups excluding carboxylic acids is 1. The van der Waals surface area contributed by atoms with Crippen molar-refractivity contribution < 1.29 is 32.9 Å². The number of aliphatic hydroxyl groups is 1. The number of likely N-dealkylation sites (N-methyl/N-ethyl adjacent to an activating group) is 1. The fourth-order valence-electron chi connectivity index (χ4n) is 5.39. The molecule has 1 unspecified atom stereocenters. The summed E-state index contributed by atoms with van der Waals surface area (Å²) in [5.41, 5.74) is 0. The SMILES string of the molecule is CCCCCCCCCCCCCCCCC/C=C/[C@@H](O)[C@H](COP(=O)([O-])OCC[N+](C)(C)C)NC(=O)CCCCCCCCC. The van der Waals surface area contributed by atoms with E-state index in [9.17, 15) is 19.4 Å². The molecule has 3 atom stereocenters. The van der Waals surface area contributed by atoms with Crippen LogP contribution in [0, 0.1) is 0 Å². The topological polar surface area (TPSA) is 108 Å². The molecule has 0 rings (SSSR count). The number of unbranched alkanes of at least 4 members (excludes halogenated alkanes) is 21. The van der Waals surface area contributed by atoms with Crippen molar-refractivity contribution in [1.82, 2.24) is 5.32 Å². The largest absolute Gasteiger partial charge is 0.756 e. The van der Waals surface area contributed by atoms with Crippen LogP contribution in [0.15, 0.2) is 12.2 Å². The third-order valence-electron chi connectivity index (χ3n) is 8.50. The molecule has 0 aromatic rings. The first-order valence-corrected chi connectivity index (χ1v) is 20.5. The van der Waals surface area contributed by atoms with Crippen molar-refractivity contribution in [1.29, 1.82) is 0 Å². The van der Waals surface area contributed by atoms with Crippen molar-refractivity contribution in [2.75, 3.05) is 40.9 Å². The molecule has 274 valence electrons. The number of amides is 1. The first-order valence-electron chi connectivity index (χ1n) is 19.1. The second-order valence-corrected chi connectivity index (χ2v) is 15.7. The van der Waals surface area contributed by atoms with E-state index in [0.29, 0.717) is 17.4 Å². The molecule has 0 aromatic carbocycles. The van der Waals surface area contributed by atoms with Gasteiger partial charge in [0.25, 0.3) is 7.82 Å². The molecular weight excluding hydrogens is 599 g/mol. The van der Waals surface area contributed by atoms with Crippen LogP contribution in [0.4, 0.5) is 0 Å². The number of quaternary nitrogens is 1. The molecule has 46 heavy (non-hydrogen) atoms. The van der Waals surface area contributed by atoms with Crippen LogP contribution >= 0.6 is 7.82 Å². The Hall–Kier alpha value is -0.760. The summed E-state index contributed by atoms with van der Waals surface area (Å²) < 4.78 is 23.0. The van der Waals surface area contributed by atoms with Crippen LogP contribution < -0.4 is 10.2 Å². The Morgan fingerprint density at radius 2 is 1.17 bits per heavy atom. The third-order valence-corrected chi connectivity index (χ3v) is 9.46. The maximum Gasteiger partial charge on any atom is 0.268 e. The van der Waals surface area contributed by atoms with Gasteiger partial charge in [0.05, 0.1) is 39.9 Å². The van der Waals surface area contributed by atoms with Crippen molar-refractivity contribution in [2.24, 2.45) is 0 Å². The number of phosphoric acid groups is 1. The van der Waals surface area contributed by atoms with Gasteiger partial charge in [0.2, 0.25) is 5.91 Å². The van der Waals surface area contributed by atoms with Crippen molar-refractivity contribution >= 4 is 13.7 Å². The van der Waals surface area contributed by atoms with Crippen LogP contribution in [-0.2, 0) is 18.4 Å². The number of allylic oxidation sites excluding steroid dienone is 1. The van der Waals surface area contributed by atoms with Gasteiger partial charge in [0, 0.05) is 6.42 Å². The second kappa shape index (κ2) is 30.3. The number of carbonyl (C=O) groups is 1. The van der Waals surface area contributed by atoms with Gasteiger partial charge in [0.15, 0.2) is 0 Å². The van der Waals surface area contributed by atoms with Crippen LogP contribution in [0.25, 0.3) is 0 Å². The van der Waals surface area contributed by atoms with E-state index in [-0.39, 0.29) is 19.1 Å². The minimum Gasteiger partial charge on any atom is -0.756 e. The van der Waals surface area contributed by atoms with Gasteiger partial charge >= 0.3 is 0 Å². The zero-order chi connectivity index (χ0) is 34.4. The maximum atomic E-state index is 12.7. The second-order valence-electron chi connectivity index (χ2n) is 14.3. The van der Waals surface area contributed by atoms with Crippen molar-refractivity contribution in [2.45, 2.75) is 180 Å². The van der Waals surface area contributed by atoms with Gasteiger partial charge in [-0.1, -0.05) is 154 Å². The highest BCUT2D eigenvalue weighted by Crippen LogP contribution is 2.38. The lowest BCUT2D eigenvalue weighted by Gasteiger charge is -2.29. The van der Waals surface area contributed by atoms with E-state index in [1.807, 2.05) is 27.2 Å². The smallest absolute Gasteiger partial charge is 0.268 e. The zero-order valence-electron chi connectivity index (χ0n) is 30.8. The minimum atomic E-state index is -4.57. The predicted octanol–water partition coefficient (Wildman–Crippen LogP) is 9.00. The van der Waals surface area contributed by atoms with E-state index >= 15 is 0 Å². The molecule has 0 radical (unpaired) electrons. The summed E-state index contributed by atoms with van der Waals surface area (Å²) in [6.07, 6.45) is 31.2. The number of aliphatic hydroxyl groups excluding tert-OH is 1. The Labute approximate surface area is 284 Å². The molecule has 0 heterocycles. The summed E-state index contributed by atoms with van der Waals surface area (Å²) in [5.74, 6) is -0.205.